The van der Waals surface area contributed by atoms with Crippen LogP contribution in [0.3, 0.4) is 0 Å². The van der Waals surface area contributed by atoms with E-state index in [1.165, 1.54) is 0 Å². The molecule has 2 aromatic heterocycles. The molecule has 4 aromatic carbocycles. The smallest absolute Gasteiger partial charge is 0.247 e. The van der Waals surface area contributed by atoms with Gasteiger partial charge in [-0.25, -0.2) is 0 Å². The first-order valence-electron chi connectivity index (χ1n) is 21.9. The largest absolute Gasteiger partial charge is 0.418 e. The molecule has 6 aromatic rings. The molecule has 61 heavy (non-hydrogen) atoms. The van der Waals surface area contributed by atoms with Crippen molar-refractivity contribution in [2.24, 2.45) is 0 Å². The number of H-pyrrole nitrogens is 1. The zero-order valence-corrected chi connectivity index (χ0v) is 35.6. The molecule has 0 saturated carbocycles. The number of rotatable bonds is 15. The fraction of sp³-hybridized carbons (Fsp3) is 0.367. The third-order valence-corrected chi connectivity index (χ3v) is 12.5. The molecule has 3 amide bonds. The van der Waals surface area contributed by atoms with Crippen LogP contribution in [0, 0.1) is 0 Å². The Morgan fingerprint density at radius 2 is 1.28 bits per heavy atom. The summed E-state index contributed by atoms with van der Waals surface area (Å²) in [7, 11) is 0. The number of likely N-dealkylation sites (N-methyl/N-ethyl adjacent to an activating group) is 2. The molecule has 2 saturated heterocycles. The van der Waals surface area contributed by atoms with Gasteiger partial charge in [-0.05, 0) is 105 Å². The Labute approximate surface area is 357 Å². The van der Waals surface area contributed by atoms with Crippen molar-refractivity contribution in [1.29, 1.82) is 0 Å². The lowest BCUT2D eigenvalue weighted by Crippen LogP contribution is -2.48. The maximum atomic E-state index is 14.2. The van der Waals surface area contributed by atoms with Gasteiger partial charge < -0.3 is 24.5 Å². The molecular weight excluding hydrogens is 765 g/mol. The monoisotopic (exact) mass is 820 g/mol. The number of carbonyl (C=O) groups excluding carboxylic acids is 3. The van der Waals surface area contributed by atoms with Gasteiger partial charge in [0.25, 0.3) is 0 Å². The number of nitrogens with zero attached hydrogens (tertiary/aromatic N) is 6. The van der Waals surface area contributed by atoms with Crippen LogP contribution < -0.4 is 5.32 Å². The van der Waals surface area contributed by atoms with Crippen LogP contribution in [0.2, 0.25) is 0 Å². The summed E-state index contributed by atoms with van der Waals surface area (Å²) < 4.78 is 6.28. The maximum absolute atomic E-state index is 14.2. The highest BCUT2D eigenvalue weighted by Gasteiger charge is 2.41. The fourth-order valence-electron chi connectivity index (χ4n) is 9.24. The number of amides is 3. The first-order valence-corrected chi connectivity index (χ1v) is 21.9. The van der Waals surface area contributed by atoms with Gasteiger partial charge in [0.05, 0.1) is 0 Å². The molecule has 2 aliphatic heterocycles. The second kappa shape index (κ2) is 18.7. The second-order valence-electron chi connectivity index (χ2n) is 15.9. The Bertz CT molecular complexity index is 2420. The van der Waals surface area contributed by atoms with Crippen molar-refractivity contribution in [3.05, 3.63) is 126 Å². The predicted molar refractivity (Wildman–Crippen MR) is 238 cm³/mol. The minimum absolute atomic E-state index is 0.0283. The molecule has 12 heteroatoms. The molecule has 0 spiro atoms. The van der Waals surface area contributed by atoms with Gasteiger partial charge in [0.1, 0.15) is 24.2 Å². The summed E-state index contributed by atoms with van der Waals surface area (Å²) in [6, 6.07) is 34.1. The van der Waals surface area contributed by atoms with E-state index in [1.54, 1.807) is 4.90 Å². The van der Waals surface area contributed by atoms with E-state index >= 15 is 0 Å². The molecule has 316 valence electrons. The van der Waals surface area contributed by atoms with E-state index in [1.807, 2.05) is 108 Å². The second-order valence-corrected chi connectivity index (χ2v) is 15.9. The summed E-state index contributed by atoms with van der Waals surface area (Å²) in [5.74, 6) is 0.727. The van der Waals surface area contributed by atoms with Crippen LogP contribution >= 0.6 is 0 Å². The molecular formula is C49H56N8O4. The Hall–Kier alpha value is -6.11. The SMILES string of the molecule is CCN(CC)[C@@H](C(=O)N1CCC[C@H]1C(=O)Nc1ccc2[nH]c(-c3ccc(-c4nnc([C@@H]5CCCN5C(=O)[C@@H](c5ccccc5)N(CC)CC)o4)cc3)cc2c1)c1ccccc1. The minimum Gasteiger partial charge on any atom is -0.418 e. The van der Waals surface area contributed by atoms with Crippen LogP contribution in [-0.4, -0.2) is 97.8 Å². The van der Waals surface area contributed by atoms with Gasteiger partial charge in [-0.15, -0.1) is 10.2 Å². The predicted octanol–water partition coefficient (Wildman–Crippen LogP) is 8.64. The lowest BCUT2D eigenvalue weighted by Gasteiger charge is -2.34. The standard InChI is InChI=1S/C49H56N8O4/c1-5-54(6-2)43(34-17-11-9-12-18-34)48(59)56-29-15-21-41(56)45(58)50-38-27-28-39-37(31-38)32-40(51-39)33-23-25-36(26-24-33)46-52-53-47(61-46)42-22-16-30-57(42)49(60)44(55(7-3)8-4)35-19-13-10-14-20-35/h9-14,17-20,23-28,31-32,41-44,51H,5-8,15-16,21-22,29-30H2,1-4H3,(H,50,58)/t41-,42-,43+,44+/m0/s1. The highest BCUT2D eigenvalue weighted by molar-refractivity contribution is 6.00. The summed E-state index contributed by atoms with van der Waals surface area (Å²) in [6.45, 7) is 12.5. The van der Waals surface area contributed by atoms with Crippen LogP contribution in [0.15, 0.2) is 114 Å². The third kappa shape index (κ3) is 8.60. The number of fused-ring (bicyclic) bond motifs is 1. The van der Waals surface area contributed by atoms with Gasteiger partial charge in [0.15, 0.2) is 0 Å². The Balaban J connectivity index is 0.939. The van der Waals surface area contributed by atoms with Crippen molar-refractivity contribution < 1.29 is 18.8 Å². The number of carbonyl (C=O) groups is 3. The van der Waals surface area contributed by atoms with Crippen LogP contribution in [0.5, 0.6) is 0 Å². The highest BCUT2D eigenvalue weighted by atomic mass is 16.4. The van der Waals surface area contributed by atoms with E-state index in [9.17, 15) is 14.4 Å². The van der Waals surface area contributed by atoms with E-state index in [0.29, 0.717) is 37.0 Å². The van der Waals surface area contributed by atoms with Crippen LogP contribution in [-0.2, 0) is 14.4 Å². The Kier molecular flexibility index (Phi) is 12.7. The average Bonchev–Trinajstić information content (AvgIpc) is 4.14. The number of aromatic nitrogens is 3. The quantitative estimate of drug-likeness (QED) is 0.105. The van der Waals surface area contributed by atoms with Crippen LogP contribution in [0.25, 0.3) is 33.6 Å². The highest BCUT2D eigenvalue weighted by Crippen LogP contribution is 2.37. The van der Waals surface area contributed by atoms with Crippen molar-refractivity contribution >= 4 is 34.3 Å². The van der Waals surface area contributed by atoms with E-state index < -0.39 is 12.1 Å². The molecule has 0 aliphatic carbocycles. The normalized spacial score (nSPS) is 17.7. The number of aromatic amines is 1. The Morgan fingerprint density at radius 3 is 1.90 bits per heavy atom. The van der Waals surface area contributed by atoms with E-state index in [0.717, 1.165) is 84.3 Å². The van der Waals surface area contributed by atoms with Crippen molar-refractivity contribution in [3.8, 4) is 22.7 Å². The number of benzene rings is 4. The van der Waals surface area contributed by atoms with Crippen molar-refractivity contribution in [1.82, 2.24) is 34.8 Å². The van der Waals surface area contributed by atoms with Gasteiger partial charge in [0.2, 0.25) is 29.5 Å². The summed E-state index contributed by atoms with van der Waals surface area (Å²) >= 11 is 0. The fourth-order valence-corrected chi connectivity index (χ4v) is 9.24. The number of anilines is 1. The lowest BCUT2D eigenvalue weighted by atomic mass is 10.0. The van der Waals surface area contributed by atoms with E-state index in [-0.39, 0.29) is 29.8 Å². The molecule has 0 radical (unpaired) electrons. The summed E-state index contributed by atoms with van der Waals surface area (Å²) in [5, 5.41) is 12.9. The zero-order chi connectivity index (χ0) is 42.5. The topological polar surface area (TPSA) is 131 Å². The van der Waals surface area contributed by atoms with Gasteiger partial charge in [-0.3, -0.25) is 24.2 Å². The summed E-state index contributed by atoms with van der Waals surface area (Å²) in [6.07, 6.45) is 3.04. The van der Waals surface area contributed by atoms with E-state index in [4.69, 9.17) is 4.42 Å². The van der Waals surface area contributed by atoms with Crippen LogP contribution in [0.1, 0.15) is 88.5 Å². The molecule has 2 fully saturated rings. The number of likely N-dealkylation sites (tertiary alicyclic amines) is 2. The van der Waals surface area contributed by atoms with Gasteiger partial charge in [-0.1, -0.05) is 100 Å². The molecule has 4 atom stereocenters. The van der Waals surface area contributed by atoms with Gasteiger partial charge >= 0.3 is 0 Å². The van der Waals surface area contributed by atoms with Gasteiger partial charge in [0, 0.05) is 40.9 Å². The maximum Gasteiger partial charge on any atom is 0.247 e. The summed E-state index contributed by atoms with van der Waals surface area (Å²) in [4.78, 5) is 53.7. The molecule has 0 bridgehead atoms. The molecule has 4 heterocycles. The molecule has 12 nitrogen and oxygen atoms in total. The van der Waals surface area contributed by atoms with Crippen molar-refractivity contribution in [2.75, 3.05) is 44.6 Å². The first-order chi connectivity index (χ1) is 29.8. The average molecular weight is 821 g/mol. The number of nitrogens with one attached hydrogen (secondary N) is 2. The van der Waals surface area contributed by atoms with Crippen LogP contribution in [0.4, 0.5) is 5.69 Å². The van der Waals surface area contributed by atoms with Gasteiger partial charge in [-0.2, -0.15) is 0 Å². The molecule has 2 aliphatic rings. The van der Waals surface area contributed by atoms with E-state index in [2.05, 4.69) is 64.1 Å². The summed E-state index contributed by atoms with van der Waals surface area (Å²) in [5.41, 5.74) is 6.23. The zero-order valence-electron chi connectivity index (χ0n) is 35.6. The number of hydrogen-bond donors (Lipinski definition) is 2. The van der Waals surface area contributed by atoms with Crippen molar-refractivity contribution in [3.63, 3.8) is 0 Å². The third-order valence-electron chi connectivity index (χ3n) is 12.5. The number of hydrogen-bond acceptors (Lipinski definition) is 8. The molecule has 0 unspecified atom stereocenters. The first kappa shape index (κ1) is 41.6. The minimum atomic E-state index is -0.538. The Morgan fingerprint density at radius 1 is 0.705 bits per heavy atom. The molecule has 2 N–H and O–H groups in total. The van der Waals surface area contributed by atoms with Crippen molar-refractivity contribution in [2.45, 2.75) is 77.5 Å². The molecule has 8 rings (SSSR count). The lowest BCUT2D eigenvalue weighted by molar-refractivity contribution is -0.141.